The minimum atomic E-state index is -3.84. The molecule has 6 nitrogen and oxygen atoms in total. The number of rotatable bonds is 5. The van der Waals surface area contributed by atoms with Gasteiger partial charge in [-0.15, -0.1) is 0 Å². The molecule has 0 saturated heterocycles. The van der Waals surface area contributed by atoms with Gasteiger partial charge in [-0.25, -0.2) is 12.8 Å². The van der Waals surface area contributed by atoms with Gasteiger partial charge in [0.25, 0.3) is 10.0 Å². The minimum absolute atomic E-state index is 0.0402. The molecule has 32 heavy (non-hydrogen) atoms. The number of halogens is 1. The molecule has 0 N–H and O–H groups in total. The van der Waals surface area contributed by atoms with Crippen LogP contribution in [0.5, 0.6) is 0 Å². The van der Waals surface area contributed by atoms with E-state index in [0.717, 1.165) is 46.9 Å². The Morgan fingerprint density at radius 3 is 2.59 bits per heavy atom. The van der Waals surface area contributed by atoms with Gasteiger partial charge >= 0.3 is 0 Å². The number of carbonyl (C=O) groups excluding carboxylic acids is 1. The second-order valence-corrected chi connectivity index (χ2v) is 10.1. The summed E-state index contributed by atoms with van der Waals surface area (Å²) in [4.78, 5) is 12.9. The Morgan fingerprint density at radius 2 is 1.78 bits per heavy atom. The molecule has 0 fully saturated rings. The molecule has 3 aromatic carbocycles. The first-order valence-electron chi connectivity index (χ1n) is 10.1. The monoisotopic (exact) mass is 467 g/mol. The van der Waals surface area contributed by atoms with Crippen molar-refractivity contribution in [2.24, 2.45) is 0 Å². The zero-order valence-electron chi connectivity index (χ0n) is 16.9. The highest BCUT2D eigenvalue weighted by molar-refractivity contribution is 7.92. The van der Waals surface area contributed by atoms with E-state index in [2.05, 4.69) is 8.75 Å². The van der Waals surface area contributed by atoms with Crippen molar-refractivity contribution in [3.05, 3.63) is 83.2 Å². The normalized spacial score (nSPS) is 13.8. The van der Waals surface area contributed by atoms with Crippen molar-refractivity contribution in [3.8, 4) is 0 Å². The molecule has 1 aliphatic rings. The van der Waals surface area contributed by atoms with Crippen LogP contribution in [0, 0.1) is 5.82 Å². The summed E-state index contributed by atoms with van der Waals surface area (Å²) < 4.78 is 49.5. The van der Waals surface area contributed by atoms with E-state index in [4.69, 9.17) is 0 Å². The maximum Gasteiger partial charge on any atom is 0.264 e. The maximum atomic E-state index is 13.3. The molecular formula is C23H18FN3O3S2. The Labute approximate surface area is 188 Å². The Hall–Kier alpha value is -3.17. The molecular weight excluding hydrogens is 449 g/mol. The zero-order valence-corrected chi connectivity index (χ0v) is 18.5. The second kappa shape index (κ2) is 8.07. The van der Waals surface area contributed by atoms with E-state index in [-0.39, 0.29) is 17.1 Å². The lowest BCUT2D eigenvalue weighted by molar-refractivity contribution is 0.0993. The number of aromatic nitrogens is 2. The van der Waals surface area contributed by atoms with Gasteiger partial charge in [0, 0.05) is 18.5 Å². The van der Waals surface area contributed by atoms with Crippen molar-refractivity contribution in [1.29, 1.82) is 0 Å². The molecule has 5 rings (SSSR count). The fourth-order valence-electron chi connectivity index (χ4n) is 3.92. The van der Waals surface area contributed by atoms with Crippen LogP contribution in [0.4, 0.5) is 10.1 Å². The summed E-state index contributed by atoms with van der Waals surface area (Å²) in [6.45, 7) is 0.331. The molecule has 0 unspecified atom stereocenters. The topological polar surface area (TPSA) is 80.2 Å². The lowest BCUT2D eigenvalue weighted by Crippen LogP contribution is -2.35. The molecule has 0 spiro atoms. The molecule has 1 aromatic heterocycles. The number of hydrogen-bond donors (Lipinski definition) is 0. The third-order valence-electron chi connectivity index (χ3n) is 5.57. The summed E-state index contributed by atoms with van der Waals surface area (Å²) in [6.07, 6.45) is 1.58. The minimum Gasteiger partial charge on any atom is -0.294 e. The summed E-state index contributed by atoms with van der Waals surface area (Å²) >= 11 is 1.10. The van der Waals surface area contributed by atoms with Gasteiger partial charge < -0.3 is 0 Å². The summed E-state index contributed by atoms with van der Waals surface area (Å²) in [5, 5.41) is 0. The number of fused-ring (bicyclic) bond motifs is 2. The Balaban J connectivity index is 1.46. The number of Topliss-reactive ketones (excluding diaryl/α,β-unsaturated/α-hetero) is 1. The lowest BCUT2D eigenvalue weighted by Gasteiger charge is -2.31. The highest BCUT2D eigenvalue weighted by atomic mass is 32.2. The summed E-state index contributed by atoms with van der Waals surface area (Å²) in [5.41, 5.74) is 4.19. The van der Waals surface area contributed by atoms with E-state index < -0.39 is 15.8 Å². The van der Waals surface area contributed by atoms with Crippen molar-refractivity contribution >= 4 is 44.3 Å². The third-order valence-corrected chi connectivity index (χ3v) is 7.95. The van der Waals surface area contributed by atoms with E-state index in [0.29, 0.717) is 29.7 Å². The van der Waals surface area contributed by atoms with Crippen LogP contribution in [0.15, 0.2) is 65.6 Å². The fraction of sp³-hybridized carbons (Fsp3) is 0.174. The first-order chi connectivity index (χ1) is 15.4. The SMILES string of the molecule is O=C(Cc1ccc2c(c1)N(S(=O)(=O)c1ccc(F)cc1)CCC2)c1ccc2nsnc2c1. The molecule has 0 saturated carbocycles. The summed E-state index contributed by atoms with van der Waals surface area (Å²) in [5.74, 6) is -0.570. The number of hydrogen-bond acceptors (Lipinski definition) is 6. The lowest BCUT2D eigenvalue weighted by atomic mass is 9.97. The van der Waals surface area contributed by atoms with Crippen LogP contribution >= 0.6 is 11.7 Å². The molecule has 4 aromatic rings. The molecule has 9 heteroatoms. The first kappa shape index (κ1) is 20.7. The average molecular weight is 468 g/mol. The number of sulfonamides is 1. The van der Waals surface area contributed by atoms with Gasteiger partial charge in [0.2, 0.25) is 0 Å². The molecule has 162 valence electrons. The molecule has 1 aliphatic heterocycles. The van der Waals surface area contributed by atoms with Crippen molar-refractivity contribution in [2.45, 2.75) is 24.2 Å². The van der Waals surface area contributed by atoms with Gasteiger partial charge in [-0.2, -0.15) is 8.75 Å². The van der Waals surface area contributed by atoms with E-state index in [1.54, 1.807) is 24.3 Å². The number of nitrogens with zero attached hydrogens (tertiary/aromatic N) is 3. The van der Waals surface area contributed by atoms with Gasteiger partial charge in [-0.1, -0.05) is 12.1 Å². The maximum absolute atomic E-state index is 13.3. The number of aryl methyl sites for hydroxylation is 1. The molecule has 0 aliphatic carbocycles. The Bertz CT molecular complexity index is 1430. The van der Waals surface area contributed by atoms with Crippen LogP contribution in [-0.2, 0) is 22.9 Å². The summed E-state index contributed by atoms with van der Waals surface area (Å²) in [6, 6.07) is 15.6. The number of ketones is 1. The highest BCUT2D eigenvalue weighted by Crippen LogP contribution is 2.33. The standard InChI is InChI=1S/C23H18FN3O3S2/c24-18-6-8-19(9-7-18)32(29,30)27-11-1-2-16-4-3-15(12-22(16)27)13-23(28)17-5-10-20-21(14-17)26-31-25-20/h3-10,12,14H,1-2,11,13H2. The molecule has 0 amide bonds. The predicted octanol–water partition coefficient (Wildman–Crippen LogP) is 4.40. The van der Waals surface area contributed by atoms with E-state index in [1.165, 1.54) is 16.4 Å². The Morgan fingerprint density at radius 1 is 1.00 bits per heavy atom. The van der Waals surface area contributed by atoms with Gasteiger partial charge in [-0.05, 0) is 72.5 Å². The van der Waals surface area contributed by atoms with Crippen LogP contribution in [-0.4, -0.2) is 29.5 Å². The second-order valence-electron chi connectivity index (χ2n) is 7.67. The van der Waals surface area contributed by atoms with Crippen LogP contribution in [0.2, 0.25) is 0 Å². The van der Waals surface area contributed by atoms with Gasteiger partial charge in [0.05, 0.1) is 22.3 Å². The first-order valence-corrected chi connectivity index (χ1v) is 12.2. The van der Waals surface area contributed by atoms with Crippen molar-refractivity contribution in [2.75, 3.05) is 10.8 Å². The quantitative estimate of drug-likeness (QED) is 0.407. The van der Waals surface area contributed by atoms with E-state index >= 15 is 0 Å². The van der Waals surface area contributed by atoms with Crippen molar-refractivity contribution < 1.29 is 17.6 Å². The van der Waals surface area contributed by atoms with E-state index in [9.17, 15) is 17.6 Å². The number of anilines is 1. The molecule has 2 heterocycles. The average Bonchev–Trinajstić information content (AvgIpc) is 3.27. The van der Waals surface area contributed by atoms with E-state index in [1.807, 2.05) is 12.1 Å². The predicted molar refractivity (Wildman–Crippen MR) is 121 cm³/mol. The van der Waals surface area contributed by atoms with Gasteiger partial charge in [-0.3, -0.25) is 9.10 Å². The highest BCUT2D eigenvalue weighted by Gasteiger charge is 2.29. The van der Waals surface area contributed by atoms with Crippen LogP contribution in [0.3, 0.4) is 0 Å². The van der Waals surface area contributed by atoms with Crippen LogP contribution in [0.25, 0.3) is 11.0 Å². The third kappa shape index (κ3) is 3.78. The molecule has 0 atom stereocenters. The number of carbonyl (C=O) groups is 1. The van der Waals surface area contributed by atoms with Gasteiger partial charge in [0.1, 0.15) is 16.9 Å². The van der Waals surface area contributed by atoms with Gasteiger partial charge in [0.15, 0.2) is 5.78 Å². The summed E-state index contributed by atoms with van der Waals surface area (Å²) in [7, 11) is -3.84. The van der Waals surface area contributed by atoms with Crippen LogP contribution < -0.4 is 4.31 Å². The largest absolute Gasteiger partial charge is 0.294 e. The van der Waals surface area contributed by atoms with Crippen molar-refractivity contribution in [1.82, 2.24) is 8.75 Å². The molecule has 0 bridgehead atoms. The smallest absolute Gasteiger partial charge is 0.264 e. The van der Waals surface area contributed by atoms with Crippen LogP contribution in [0.1, 0.15) is 27.9 Å². The fourth-order valence-corrected chi connectivity index (χ4v) is 5.97. The van der Waals surface area contributed by atoms with Crippen molar-refractivity contribution in [3.63, 3.8) is 0 Å². The Kier molecular flexibility index (Phi) is 5.22. The number of benzene rings is 3. The molecule has 0 radical (unpaired) electrons. The zero-order chi connectivity index (χ0) is 22.3.